The van der Waals surface area contributed by atoms with Crippen molar-refractivity contribution in [1.82, 2.24) is 4.90 Å². The summed E-state index contributed by atoms with van der Waals surface area (Å²) in [5, 5.41) is 3.82. The number of likely N-dealkylation sites (tertiary alicyclic amines) is 1. The molecule has 1 aliphatic heterocycles. The van der Waals surface area contributed by atoms with E-state index in [4.69, 9.17) is 15.0 Å². The van der Waals surface area contributed by atoms with Crippen molar-refractivity contribution in [3.63, 3.8) is 0 Å². The largest absolute Gasteiger partial charge is 0.493 e. The lowest BCUT2D eigenvalue weighted by atomic mass is 10.1. The highest BCUT2D eigenvalue weighted by Gasteiger charge is 2.36. The predicted octanol–water partition coefficient (Wildman–Crippen LogP) is 6.65. The van der Waals surface area contributed by atoms with Gasteiger partial charge < -0.3 is 14.4 Å². The molecule has 0 unspecified atom stereocenters. The fraction of sp³-hybridized carbons (Fsp3) is 0.458. The van der Waals surface area contributed by atoms with Gasteiger partial charge in [0.1, 0.15) is 6.61 Å². The van der Waals surface area contributed by atoms with E-state index >= 15 is 0 Å². The number of ether oxygens (including phenoxy) is 2. The number of carbonyl (C=O) groups is 1. The lowest BCUT2D eigenvalue weighted by Gasteiger charge is -2.31. The van der Waals surface area contributed by atoms with Crippen LogP contribution in [-0.2, 0) is 6.61 Å². The molecule has 1 saturated heterocycles. The Labute approximate surface area is 203 Å². The zero-order valence-corrected chi connectivity index (χ0v) is 20.9. The number of methoxy groups -OCH3 is 1. The van der Waals surface area contributed by atoms with E-state index in [-0.39, 0.29) is 17.6 Å². The van der Waals surface area contributed by atoms with Crippen molar-refractivity contribution in [2.75, 3.05) is 25.2 Å². The first-order valence-electron chi connectivity index (χ1n) is 11.1. The summed E-state index contributed by atoms with van der Waals surface area (Å²) < 4.78 is 11.8. The smallest absolute Gasteiger partial charge is 0.254 e. The molecule has 1 aliphatic rings. The number of carbonyl (C=O) groups excluding carboxylic acids is 1. The number of rotatable bonds is 11. The SMILES string of the molecule is CCSC(SCC)[C@@H]1CCCN1C(=O)c1cc(OC)c(OCc2ccccc2)cc1N=[N+]=[N-]. The molecule has 1 amide bonds. The van der Waals surface area contributed by atoms with Crippen molar-refractivity contribution >= 4 is 35.1 Å². The van der Waals surface area contributed by atoms with Crippen LogP contribution in [0.5, 0.6) is 11.5 Å². The number of thioether (sulfide) groups is 2. The summed E-state index contributed by atoms with van der Waals surface area (Å²) >= 11 is 3.77. The molecule has 7 nitrogen and oxygen atoms in total. The minimum Gasteiger partial charge on any atom is -0.493 e. The number of hydrogen-bond acceptors (Lipinski definition) is 6. The van der Waals surface area contributed by atoms with Crippen LogP contribution in [-0.4, -0.2) is 46.6 Å². The van der Waals surface area contributed by atoms with E-state index in [0.29, 0.717) is 34.8 Å². The molecule has 0 N–H and O–H groups in total. The van der Waals surface area contributed by atoms with Gasteiger partial charge >= 0.3 is 0 Å². The molecule has 3 rings (SSSR count). The molecule has 0 bridgehead atoms. The van der Waals surface area contributed by atoms with Gasteiger partial charge in [0, 0.05) is 11.5 Å². The molecule has 9 heteroatoms. The summed E-state index contributed by atoms with van der Waals surface area (Å²) in [7, 11) is 1.54. The van der Waals surface area contributed by atoms with Gasteiger partial charge in [-0.1, -0.05) is 49.3 Å². The maximum Gasteiger partial charge on any atom is 0.254 e. The van der Waals surface area contributed by atoms with Gasteiger partial charge in [-0.2, -0.15) is 0 Å². The molecule has 0 aromatic heterocycles. The quantitative estimate of drug-likeness (QED) is 0.153. The second kappa shape index (κ2) is 12.7. The molecule has 0 radical (unpaired) electrons. The van der Waals surface area contributed by atoms with Gasteiger partial charge in [-0.15, -0.1) is 23.5 Å². The Kier molecular flexibility index (Phi) is 9.66. The topological polar surface area (TPSA) is 87.5 Å². The number of hydrogen-bond donors (Lipinski definition) is 0. The molecule has 0 saturated carbocycles. The van der Waals surface area contributed by atoms with Crippen LogP contribution in [0.3, 0.4) is 0 Å². The van der Waals surface area contributed by atoms with Crippen molar-refractivity contribution in [2.45, 2.75) is 43.9 Å². The Bertz CT molecular complexity index is 977. The zero-order chi connectivity index (χ0) is 23.6. The molecule has 176 valence electrons. The lowest BCUT2D eigenvalue weighted by molar-refractivity contribution is 0.0746. The second-order valence-electron chi connectivity index (χ2n) is 7.47. The molecular weight excluding hydrogens is 456 g/mol. The van der Waals surface area contributed by atoms with Gasteiger partial charge in [-0.25, -0.2) is 0 Å². The van der Waals surface area contributed by atoms with Gasteiger partial charge in [0.05, 0.1) is 29.0 Å². The van der Waals surface area contributed by atoms with E-state index < -0.39 is 0 Å². The Morgan fingerprint density at radius 3 is 2.58 bits per heavy atom. The number of benzene rings is 2. The van der Waals surface area contributed by atoms with E-state index in [1.54, 1.807) is 12.1 Å². The first-order valence-corrected chi connectivity index (χ1v) is 13.2. The summed E-state index contributed by atoms with van der Waals surface area (Å²) in [6.45, 7) is 5.32. The third-order valence-electron chi connectivity index (χ3n) is 5.44. The first-order chi connectivity index (χ1) is 16.1. The normalized spacial score (nSPS) is 15.4. The monoisotopic (exact) mass is 486 g/mol. The first kappa shape index (κ1) is 25.1. The van der Waals surface area contributed by atoms with Crippen LogP contribution in [0, 0.1) is 0 Å². The van der Waals surface area contributed by atoms with E-state index in [2.05, 4.69) is 23.9 Å². The average Bonchev–Trinajstić information content (AvgIpc) is 3.33. The van der Waals surface area contributed by atoms with Crippen LogP contribution < -0.4 is 9.47 Å². The second-order valence-corrected chi connectivity index (χ2v) is 10.6. The highest BCUT2D eigenvalue weighted by atomic mass is 32.2. The van der Waals surface area contributed by atoms with Gasteiger partial charge in [-0.3, -0.25) is 4.79 Å². The van der Waals surface area contributed by atoms with Crippen LogP contribution in [0.4, 0.5) is 5.69 Å². The summed E-state index contributed by atoms with van der Waals surface area (Å²) in [6.07, 6.45) is 1.94. The molecule has 2 aromatic rings. The van der Waals surface area contributed by atoms with Crippen molar-refractivity contribution < 1.29 is 14.3 Å². The van der Waals surface area contributed by atoms with Crippen molar-refractivity contribution in [2.24, 2.45) is 5.11 Å². The summed E-state index contributed by atoms with van der Waals surface area (Å²) in [5.74, 6) is 2.73. The predicted molar refractivity (Wildman–Crippen MR) is 137 cm³/mol. The number of azide groups is 1. The minimum absolute atomic E-state index is 0.133. The molecule has 2 aromatic carbocycles. The zero-order valence-electron chi connectivity index (χ0n) is 19.3. The molecule has 0 aliphatic carbocycles. The van der Waals surface area contributed by atoms with Gasteiger partial charge in [0.25, 0.3) is 5.91 Å². The standard InChI is InChI=1S/C24H30N4O3S2/c1-4-32-24(33-5-2)20-12-9-13-28(20)23(29)18-14-21(30-3)22(15-19(18)26-27-25)31-16-17-10-7-6-8-11-17/h6-8,10-11,14-15,20,24H,4-5,9,12-13,16H2,1-3H3/t20-/m0/s1. The highest BCUT2D eigenvalue weighted by Crippen LogP contribution is 2.39. The van der Waals surface area contributed by atoms with E-state index in [1.165, 1.54) is 7.11 Å². The van der Waals surface area contributed by atoms with E-state index in [1.807, 2.05) is 58.8 Å². The highest BCUT2D eigenvalue weighted by molar-refractivity contribution is 8.17. The number of nitrogens with zero attached hydrogens (tertiary/aromatic N) is 4. The average molecular weight is 487 g/mol. The Morgan fingerprint density at radius 1 is 1.21 bits per heavy atom. The third-order valence-corrected chi connectivity index (χ3v) is 8.21. The minimum atomic E-state index is -0.133. The number of amides is 1. The Hall–Kier alpha value is -2.48. The van der Waals surface area contributed by atoms with Gasteiger partial charge in [0.2, 0.25) is 0 Å². The summed E-state index contributed by atoms with van der Waals surface area (Å²) in [5.41, 5.74) is 10.7. The van der Waals surface area contributed by atoms with Crippen LogP contribution >= 0.6 is 23.5 Å². The van der Waals surface area contributed by atoms with Crippen molar-refractivity contribution in [3.8, 4) is 11.5 Å². The summed E-state index contributed by atoms with van der Waals surface area (Å²) in [4.78, 5) is 18.5. The van der Waals surface area contributed by atoms with Crippen molar-refractivity contribution in [1.29, 1.82) is 0 Å². The van der Waals surface area contributed by atoms with Gasteiger partial charge in [0.15, 0.2) is 11.5 Å². The fourth-order valence-electron chi connectivity index (χ4n) is 3.94. The molecule has 1 atom stereocenters. The van der Waals surface area contributed by atoms with Gasteiger partial charge in [-0.05, 0) is 47.6 Å². The van der Waals surface area contributed by atoms with Crippen molar-refractivity contribution in [3.05, 3.63) is 64.0 Å². The lowest BCUT2D eigenvalue weighted by Crippen LogP contribution is -2.40. The molecule has 33 heavy (non-hydrogen) atoms. The molecule has 1 fully saturated rings. The van der Waals surface area contributed by atoms with Crippen LogP contribution in [0.25, 0.3) is 10.4 Å². The summed E-state index contributed by atoms with van der Waals surface area (Å²) in [6, 6.07) is 13.1. The molecule has 0 spiro atoms. The third kappa shape index (κ3) is 6.31. The maximum atomic E-state index is 13.7. The van der Waals surface area contributed by atoms with Crippen LogP contribution in [0.1, 0.15) is 42.6 Å². The van der Waals surface area contributed by atoms with Crippen LogP contribution in [0.15, 0.2) is 47.6 Å². The Morgan fingerprint density at radius 2 is 1.94 bits per heavy atom. The fourth-order valence-corrected chi connectivity index (χ4v) is 6.81. The maximum absolute atomic E-state index is 13.7. The molecule has 1 heterocycles. The van der Waals surface area contributed by atoms with E-state index in [9.17, 15) is 4.79 Å². The Balaban J connectivity index is 1.90. The molecular formula is C24H30N4O3S2. The van der Waals surface area contributed by atoms with Crippen LogP contribution in [0.2, 0.25) is 0 Å². The van der Waals surface area contributed by atoms with E-state index in [0.717, 1.165) is 29.9 Å².